The van der Waals surface area contributed by atoms with Crippen LogP contribution in [0.2, 0.25) is 0 Å². The van der Waals surface area contributed by atoms with Gasteiger partial charge in [-0.3, -0.25) is 4.68 Å². The van der Waals surface area contributed by atoms with Gasteiger partial charge in [-0.05, 0) is 22.9 Å². The van der Waals surface area contributed by atoms with Gasteiger partial charge in [-0.15, -0.1) is 0 Å². The lowest BCUT2D eigenvalue weighted by molar-refractivity contribution is -0.230. The van der Waals surface area contributed by atoms with Crippen molar-refractivity contribution in [3.8, 4) is 0 Å². The maximum absolute atomic E-state index is 13.4. The van der Waals surface area contributed by atoms with Gasteiger partial charge in [0.25, 0.3) is 0 Å². The molecule has 1 atom stereocenters. The van der Waals surface area contributed by atoms with Crippen LogP contribution in [-0.4, -0.2) is 16.0 Å². The number of hydrogen-bond donors (Lipinski definition) is 0. The molecular formula is C7H7BrF4N2. The van der Waals surface area contributed by atoms with Gasteiger partial charge in [0.2, 0.25) is 5.67 Å². The first-order valence-electron chi connectivity index (χ1n) is 3.61. The van der Waals surface area contributed by atoms with Crippen LogP contribution >= 0.6 is 15.9 Å². The highest BCUT2D eigenvalue weighted by Crippen LogP contribution is 2.43. The van der Waals surface area contributed by atoms with E-state index in [1.54, 1.807) is 0 Å². The van der Waals surface area contributed by atoms with Gasteiger partial charge in [0.1, 0.15) is 5.69 Å². The van der Waals surface area contributed by atoms with E-state index in [0.29, 0.717) is 6.92 Å². The highest BCUT2D eigenvalue weighted by molar-refractivity contribution is 9.10. The van der Waals surface area contributed by atoms with Gasteiger partial charge in [-0.1, -0.05) is 0 Å². The molecule has 0 aromatic carbocycles. The van der Waals surface area contributed by atoms with Crippen LogP contribution in [-0.2, 0) is 12.7 Å². The molecule has 1 unspecified atom stereocenters. The van der Waals surface area contributed by atoms with E-state index in [0.717, 1.165) is 4.68 Å². The third-order valence-corrected chi connectivity index (χ3v) is 2.34. The fraction of sp³-hybridized carbons (Fsp3) is 0.571. The zero-order valence-corrected chi connectivity index (χ0v) is 8.95. The second kappa shape index (κ2) is 3.22. The summed E-state index contributed by atoms with van der Waals surface area (Å²) in [7, 11) is 1.42. The maximum atomic E-state index is 13.4. The lowest BCUT2D eigenvalue weighted by atomic mass is 10.1. The Hall–Kier alpha value is -0.590. The molecule has 0 bridgehead atoms. The molecule has 1 aromatic rings. The van der Waals surface area contributed by atoms with Crippen LogP contribution in [0.5, 0.6) is 0 Å². The molecule has 14 heavy (non-hydrogen) atoms. The van der Waals surface area contributed by atoms with Crippen molar-refractivity contribution >= 4 is 15.9 Å². The fourth-order valence-corrected chi connectivity index (χ4v) is 1.66. The standard InChI is InChI=1S/C7H7BrF4N2/c1-6(9,7(10,11)12)5-4(8)3-14(2)13-5/h3H,1-2H3. The van der Waals surface area contributed by atoms with Crippen molar-refractivity contribution in [2.75, 3.05) is 0 Å². The van der Waals surface area contributed by atoms with Crippen LogP contribution < -0.4 is 0 Å². The van der Waals surface area contributed by atoms with Crippen molar-refractivity contribution < 1.29 is 17.6 Å². The van der Waals surface area contributed by atoms with E-state index in [2.05, 4.69) is 21.0 Å². The van der Waals surface area contributed by atoms with Gasteiger partial charge in [-0.25, -0.2) is 4.39 Å². The first kappa shape index (κ1) is 11.5. The molecule has 0 aliphatic rings. The van der Waals surface area contributed by atoms with Crippen molar-refractivity contribution in [2.45, 2.75) is 18.8 Å². The Bertz CT molecular complexity index is 342. The molecule has 0 N–H and O–H groups in total. The largest absolute Gasteiger partial charge is 0.428 e. The zero-order chi connectivity index (χ0) is 11.1. The predicted molar refractivity (Wildman–Crippen MR) is 45.4 cm³/mol. The SMILES string of the molecule is Cn1cc(Br)c(C(C)(F)C(F)(F)F)n1. The van der Waals surface area contributed by atoms with E-state index in [4.69, 9.17) is 0 Å². The third kappa shape index (κ3) is 1.77. The Morgan fingerprint density at radius 2 is 1.86 bits per heavy atom. The minimum Gasteiger partial charge on any atom is -0.274 e. The number of hydrogen-bond acceptors (Lipinski definition) is 1. The second-order valence-electron chi connectivity index (χ2n) is 3.00. The quantitative estimate of drug-likeness (QED) is 0.720. The molecule has 0 saturated heterocycles. The van der Waals surface area contributed by atoms with Crippen molar-refractivity contribution in [2.24, 2.45) is 7.05 Å². The molecule has 80 valence electrons. The summed E-state index contributed by atoms with van der Waals surface area (Å²) in [5.74, 6) is 0. The summed E-state index contributed by atoms with van der Waals surface area (Å²) in [5.41, 5.74) is -4.10. The second-order valence-corrected chi connectivity index (χ2v) is 3.85. The van der Waals surface area contributed by atoms with Gasteiger partial charge >= 0.3 is 6.18 Å². The monoisotopic (exact) mass is 274 g/mol. The number of alkyl halides is 4. The smallest absolute Gasteiger partial charge is 0.274 e. The van der Waals surface area contributed by atoms with Gasteiger partial charge in [-0.2, -0.15) is 18.3 Å². The Morgan fingerprint density at radius 3 is 2.14 bits per heavy atom. The third-order valence-electron chi connectivity index (χ3n) is 1.76. The molecule has 7 heteroatoms. The lowest BCUT2D eigenvalue weighted by Gasteiger charge is -2.21. The molecule has 2 nitrogen and oxygen atoms in total. The molecule has 0 radical (unpaired) electrons. The highest BCUT2D eigenvalue weighted by atomic mass is 79.9. The van der Waals surface area contributed by atoms with E-state index < -0.39 is 17.5 Å². The molecule has 0 fully saturated rings. The Labute approximate surface area is 86.0 Å². The van der Waals surface area contributed by atoms with Crippen LogP contribution in [0, 0.1) is 0 Å². The number of halogens is 5. The normalized spacial score (nSPS) is 16.8. The molecule has 0 spiro atoms. The predicted octanol–water partition coefficient (Wildman–Crippen LogP) is 2.93. The van der Waals surface area contributed by atoms with Crippen LogP contribution in [0.15, 0.2) is 10.7 Å². The maximum Gasteiger partial charge on any atom is 0.428 e. The molecule has 1 heterocycles. The average molecular weight is 275 g/mol. The minimum absolute atomic E-state index is 0.00215. The minimum atomic E-state index is -4.97. The van der Waals surface area contributed by atoms with E-state index in [1.165, 1.54) is 13.2 Å². The fourth-order valence-electron chi connectivity index (χ4n) is 0.912. The van der Waals surface area contributed by atoms with E-state index in [9.17, 15) is 17.6 Å². The first-order valence-corrected chi connectivity index (χ1v) is 4.41. The Morgan fingerprint density at radius 1 is 1.36 bits per heavy atom. The number of aryl methyl sites for hydroxylation is 1. The Kier molecular flexibility index (Phi) is 2.64. The van der Waals surface area contributed by atoms with E-state index in [-0.39, 0.29) is 4.47 Å². The van der Waals surface area contributed by atoms with Crippen LogP contribution in [0.3, 0.4) is 0 Å². The summed E-state index contributed by atoms with van der Waals surface area (Å²) in [6, 6.07) is 0. The van der Waals surface area contributed by atoms with Crippen molar-refractivity contribution in [3.63, 3.8) is 0 Å². The van der Waals surface area contributed by atoms with Gasteiger partial charge in [0.05, 0.1) is 4.47 Å². The van der Waals surface area contributed by atoms with Gasteiger partial charge in [0, 0.05) is 13.2 Å². The summed E-state index contributed by atoms with van der Waals surface area (Å²) in [5, 5.41) is 3.42. The van der Waals surface area contributed by atoms with E-state index in [1.807, 2.05) is 0 Å². The van der Waals surface area contributed by atoms with Crippen molar-refractivity contribution in [1.29, 1.82) is 0 Å². The highest BCUT2D eigenvalue weighted by Gasteiger charge is 2.56. The topological polar surface area (TPSA) is 17.8 Å². The lowest BCUT2D eigenvalue weighted by Crippen LogP contribution is -2.35. The summed E-state index contributed by atoms with van der Waals surface area (Å²) < 4.78 is 51.3. The number of aromatic nitrogens is 2. The van der Waals surface area contributed by atoms with Crippen LogP contribution in [0.25, 0.3) is 0 Å². The summed E-state index contributed by atoms with van der Waals surface area (Å²) in [4.78, 5) is 0. The van der Waals surface area contributed by atoms with Gasteiger partial charge in [0.15, 0.2) is 0 Å². The molecule has 0 saturated carbocycles. The molecule has 1 aromatic heterocycles. The molecule has 1 rings (SSSR count). The molecule has 0 aliphatic heterocycles. The molecular weight excluding hydrogens is 268 g/mol. The van der Waals surface area contributed by atoms with Crippen LogP contribution in [0.1, 0.15) is 12.6 Å². The van der Waals surface area contributed by atoms with Gasteiger partial charge < -0.3 is 0 Å². The summed E-state index contributed by atoms with van der Waals surface area (Å²) >= 11 is 2.82. The summed E-state index contributed by atoms with van der Waals surface area (Å²) in [6.07, 6.45) is -3.71. The first-order chi connectivity index (χ1) is 6.16. The average Bonchev–Trinajstić information content (AvgIpc) is 2.27. The van der Waals surface area contributed by atoms with E-state index >= 15 is 0 Å². The van der Waals surface area contributed by atoms with Crippen LogP contribution in [0.4, 0.5) is 17.6 Å². The zero-order valence-electron chi connectivity index (χ0n) is 7.36. The van der Waals surface area contributed by atoms with Crippen molar-refractivity contribution in [3.05, 3.63) is 16.4 Å². The molecule has 0 aliphatic carbocycles. The molecule has 0 amide bonds. The number of rotatable bonds is 1. The summed E-state index contributed by atoms with van der Waals surface area (Å²) in [6.45, 7) is 0.445. The van der Waals surface area contributed by atoms with Crippen molar-refractivity contribution in [1.82, 2.24) is 9.78 Å². The Balaban J connectivity index is 3.22. The number of nitrogens with zero attached hydrogens (tertiary/aromatic N) is 2.